The van der Waals surface area contributed by atoms with E-state index in [-0.39, 0.29) is 47.2 Å². The van der Waals surface area contributed by atoms with Gasteiger partial charge in [0.15, 0.2) is 11.4 Å². The smallest absolute Gasteiger partial charge is 0.261 e. The van der Waals surface area contributed by atoms with Crippen LogP contribution in [-0.4, -0.2) is 87.8 Å². The van der Waals surface area contributed by atoms with Crippen molar-refractivity contribution in [1.82, 2.24) is 30.1 Å². The Balaban J connectivity index is 0.804. The van der Waals surface area contributed by atoms with Gasteiger partial charge in [0, 0.05) is 80.8 Å². The van der Waals surface area contributed by atoms with Crippen LogP contribution >= 0.6 is 0 Å². The molecule has 0 radical (unpaired) electrons. The van der Waals surface area contributed by atoms with Crippen molar-refractivity contribution in [2.45, 2.75) is 51.1 Å². The Morgan fingerprint density at radius 3 is 2.53 bits per heavy atom. The summed E-state index contributed by atoms with van der Waals surface area (Å²) in [5, 5.41) is 18.7. The average molecular weight is 803 g/mol. The van der Waals surface area contributed by atoms with Gasteiger partial charge in [0.05, 0.1) is 11.9 Å². The molecule has 17 heteroatoms. The van der Waals surface area contributed by atoms with Crippen molar-refractivity contribution in [3.8, 4) is 11.5 Å². The van der Waals surface area contributed by atoms with Crippen molar-refractivity contribution in [3.63, 3.8) is 0 Å². The Morgan fingerprint density at radius 2 is 1.71 bits per heavy atom. The molecule has 0 saturated carbocycles. The lowest BCUT2D eigenvalue weighted by molar-refractivity contribution is -0.134. The van der Waals surface area contributed by atoms with E-state index in [1.165, 1.54) is 35.0 Å². The first-order valence-electron chi connectivity index (χ1n) is 19.7. The Kier molecular flexibility index (Phi) is 11.3. The Hall–Kier alpha value is -7.04. The van der Waals surface area contributed by atoms with E-state index >= 15 is 0 Å². The molecule has 304 valence electrons. The van der Waals surface area contributed by atoms with Crippen LogP contribution in [0.5, 0.6) is 11.5 Å². The molecule has 2 aromatic heterocycles. The number of piperidine rings is 1. The van der Waals surface area contributed by atoms with Crippen molar-refractivity contribution in [3.05, 3.63) is 102 Å². The lowest BCUT2D eigenvalue weighted by Gasteiger charge is -2.36. The predicted molar refractivity (Wildman–Crippen MR) is 217 cm³/mol. The summed E-state index contributed by atoms with van der Waals surface area (Å²) in [5.41, 5.74) is 3.42. The largest absolute Gasteiger partial charge is 0.455 e. The third-order valence-electron chi connectivity index (χ3n) is 10.6. The van der Waals surface area contributed by atoms with E-state index in [4.69, 9.17) is 4.74 Å². The number of piperazine rings is 1. The minimum absolute atomic E-state index is 0.111. The lowest BCUT2D eigenvalue weighted by Crippen LogP contribution is -2.48. The number of rotatable bonds is 10. The normalized spacial score (nSPS) is 16.6. The molecule has 0 spiro atoms. The summed E-state index contributed by atoms with van der Waals surface area (Å²) in [6, 6.07) is 17.9. The Bertz CT molecular complexity index is 2410. The summed E-state index contributed by atoms with van der Waals surface area (Å²) in [6.45, 7) is 3.25. The van der Waals surface area contributed by atoms with E-state index in [0.717, 1.165) is 17.8 Å². The summed E-state index contributed by atoms with van der Waals surface area (Å²) in [4.78, 5) is 71.9. The van der Waals surface area contributed by atoms with Gasteiger partial charge in [0.2, 0.25) is 17.7 Å². The number of aromatic nitrogens is 3. The van der Waals surface area contributed by atoms with Gasteiger partial charge in [-0.15, -0.1) is 0 Å². The molecule has 5 N–H and O–H groups in total. The highest BCUT2D eigenvalue weighted by Crippen LogP contribution is 2.34. The van der Waals surface area contributed by atoms with E-state index in [9.17, 15) is 28.4 Å². The zero-order valence-corrected chi connectivity index (χ0v) is 32.1. The van der Waals surface area contributed by atoms with E-state index in [1.54, 1.807) is 24.4 Å². The highest BCUT2D eigenvalue weighted by Gasteiger charge is 2.27. The Labute approximate surface area is 338 Å². The fourth-order valence-corrected chi connectivity index (χ4v) is 7.32. The Morgan fingerprint density at radius 1 is 0.898 bits per heavy atom. The first kappa shape index (κ1) is 38.8. The summed E-state index contributed by atoms with van der Waals surface area (Å²) in [5.74, 6) is -0.646. The maximum absolute atomic E-state index is 14.3. The second-order valence-corrected chi connectivity index (χ2v) is 14.6. The second-order valence-electron chi connectivity index (χ2n) is 14.6. The molecule has 3 aliphatic heterocycles. The van der Waals surface area contributed by atoms with Gasteiger partial charge in [0.1, 0.15) is 29.0 Å². The van der Waals surface area contributed by atoms with Crippen LogP contribution in [0.15, 0.2) is 79.1 Å². The molecule has 8 rings (SSSR count). The highest BCUT2D eigenvalue weighted by molar-refractivity contribution is 6.09. The number of benzene rings is 3. The van der Waals surface area contributed by atoms with Gasteiger partial charge in [-0.3, -0.25) is 29.3 Å². The number of imide groups is 1. The zero-order valence-electron chi connectivity index (χ0n) is 32.1. The van der Waals surface area contributed by atoms with Crippen LogP contribution in [0.25, 0.3) is 5.65 Å². The van der Waals surface area contributed by atoms with E-state index in [1.807, 2.05) is 29.2 Å². The molecule has 2 saturated heterocycles. The predicted octanol–water partition coefficient (Wildman–Crippen LogP) is 4.69. The molecule has 5 amide bonds. The number of hydrogen-bond donors (Lipinski definition) is 5. The standard InChI is InChI=1S/C42H43FN10O6/c43-28-6-13-34-27(22-28)24-45-36-15-17-53-39(49-36)31(25-46-53)41(57)48-33-23-26(5-12-35(33)59-34)40(56)44-16-3-1-2-4-38(55)52-20-18-51(19-21-52)30-9-7-29(8-10-30)47-32-11-14-37(54)50-42(32)58/h5-10,12-13,15,17,22-23,25,32,47H,1-4,11,14,16,18-21,24H2,(H,44,56)(H,45,49)(H,48,57)(H,50,54,58). The molecule has 5 heterocycles. The van der Waals surface area contributed by atoms with Gasteiger partial charge in [0.25, 0.3) is 11.8 Å². The van der Waals surface area contributed by atoms with Gasteiger partial charge in [-0.1, -0.05) is 6.42 Å². The number of halogens is 1. The zero-order chi connectivity index (χ0) is 40.9. The van der Waals surface area contributed by atoms with Crippen LogP contribution in [0.3, 0.4) is 0 Å². The van der Waals surface area contributed by atoms with Crippen molar-refractivity contribution >= 4 is 58.1 Å². The molecule has 16 nitrogen and oxygen atoms in total. The van der Waals surface area contributed by atoms with Crippen molar-refractivity contribution in [1.29, 1.82) is 0 Å². The van der Waals surface area contributed by atoms with Crippen LogP contribution in [0, 0.1) is 5.82 Å². The van der Waals surface area contributed by atoms with Crippen LogP contribution in [0.2, 0.25) is 0 Å². The van der Waals surface area contributed by atoms with E-state index in [2.05, 4.69) is 41.6 Å². The van der Waals surface area contributed by atoms with Crippen LogP contribution in [0.4, 0.5) is 27.3 Å². The molecular formula is C42H43FN10O6. The van der Waals surface area contributed by atoms with Crippen molar-refractivity contribution in [2.24, 2.45) is 0 Å². The fraction of sp³-hybridized carbons (Fsp3) is 0.310. The minimum Gasteiger partial charge on any atom is -0.455 e. The summed E-state index contributed by atoms with van der Waals surface area (Å²) in [6.07, 6.45) is 6.40. The van der Waals surface area contributed by atoms with Crippen molar-refractivity contribution in [2.75, 3.05) is 53.6 Å². The number of fused-ring (bicyclic) bond motifs is 3. The molecule has 5 aromatic rings. The third kappa shape index (κ3) is 9.08. The highest BCUT2D eigenvalue weighted by atomic mass is 19.1. The summed E-state index contributed by atoms with van der Waals surface area (Å²) in [7, 11) is 0. The number of carbonyl (C=O) groups is 5. The minimum atomic E-state index is -0.505. The number of hydrogen-bond acceptors (Lipinski definition) is 11. The molecule has 3 aliphatic rings. The number of nitrogens with zero attached hydrogens (tertiary/aromatic N) is 5. The summed E-state index contributed by atoms with van der Waals surface area (Å²) < 4.78 is 22.0. The molecule has 1 unspecified atom stereocenters. The fourth-order valence-electron chi connectivity index (χ4n) is 7.32. The SMILES string of the molecule is O=C1CCC(Nc2ccc(N3CCN(C(=O)CCCCCNC(=O)c4ccc5c(c4)NC(=O)c4cnn6ccc(nc46)NCc4cc(F)ccc4O5)CC3)cc2)C(=O)N1. The van der Waals surface area contributed by atoms with E-state index < -0.39 is 17.8 Å². The van der Waals surface area contributed by atoms with Gasteiger partial charge < -0.3 is 35.8 Å². The van der Waals surface area contributed by atoms with Gasteiger partial charge in [-0.2, -0.15) is 5.10 Å². The molecule has 59 heavy (non-hydrogen) atoms. The average Bonchev–Trinajstić information content (AvgIpc) is 3.67. The molecule has 2 bridgehead atoms. The number of nitrogens with one attached hydrogen (secondary N) is 5. The molecular weight excluding hydrogens is 760 g/mol. The van der Waals surface area contributed by atoms with E-state index in [0.29, 0.717) is 93.2 Å². The number of unbranched alkanes of at least 4 members (excludes halogenated alkanes) is 2. The summed E-state index contributed by atoms with van der Waals surface area (Å²) >= 11 is 0. The van der Waals surface area contributed by atoms with Crippen LogP contribution in [0.1, 0.15) is 64.8 Å². The number of amides is 5. The first-order chi connectivity index (χ1) is 28.7. The molecule has 0 aliphatic carbocycles. The van der Waals surface area contributed by atoms with Crippen LogP contribution < -0.4 is 36.2 Å². The quantitative estimate of drug-likeness (QED) is 0.0973. The molecule has 3 aromatic carbocycles. The van der Waals surface area contributed by atoms with Gasteiger partial charge in [-0.25, -0.2) is 13.9 Å². The number of ether oxygens (including phenoxy) is 1. The molecule has 2 fully saturated rings. The lowest BCUT2D eigenvalue weighted by atomic mass is 10.1. The van der Waals surface area contributed by atoms with Gasteiger partial charge in [-0.05, 0) is 86.0 Å². The topological polar surface area (TPSA) is 191 Å². The van der Waals surface area contributed by atoms with Crippen molar-refractivity contribution < 1.29 is 33.1 Å². The van der Waals surface area contributed by atoms with Crippen LogP contribution in [-0.2, 0) is 20.9 Å². The monoisotopic (exact) mass is 802 g/mol. The number of carbonyl (C=O) groups excluding carboxylic acids is 5. The number of anilines is 4. The van der Waals surface area contributed by atoms with Gasteiger partial charge >= 0.3 is 0 Å². The first-order valence-corrected chi connectivity index (χ1v) is 19.7. The third-order valence-corrected chi connectivity index (χ3v) is 10.6. The molecule has 1 atom stereocenters. The maximum atomic E-state index is 14.3. The second kappa shape index (κ2) is 17.2. The maximum Gasteiger partial charge on any atom is 0.261 e.